The van der Waals surface area contributed by atoms with Crippen LogP contribution in [0.15, 0.2) is 5.38 Å². The van der Waals surface area contributed by atoms with Crippen LogP contribution in [0.25, 0.3) is 0 Å². The van der Waals surface area contributed by atoms with Crippen LogP contribution in [0.2, 0.25) is 0 Å². The minimum absolute atomic E-state index is 0.0256. The molecule has 94 valence electrons. The summed E-state index contributed by atoms with van der Waals surface area (Å²) in [6.07, 6.45) is 0. The van der Waals surface area contributed by atoms with Gasteiger partial charge in [0.25, 0.3) is 5.91 Å². The summed E-state index contributed by atoms with van der Waals surface area (Å²) in [5.41, 5.74) is 0.538. The number of piperazine rings is 1. The monoisotopic (exact) mass is 255 g/mol. The predicted molar refractivity (Wildman–Crippen MR) is 66.2 cm³/mol. The van der Waals surface area contributed by atoms with E-state index in [1.165, 1.54) is 11.3 Å². The zero-order chi connectivity index (χ0) is 12.3. The maximum Gasteiger partial charge on any atom is 0.273 e. The van der Waals surface area contributed by atoms with Gasteiger partial charge in [-0.15, -0.1) is 11.3 Å². The molecular formula is C11H17N3O2S. The van der Waals surface area contributed by atoms with E-state index < -0.39 is 0 Å². The van der Waals surface area contributed by atoms with Gasteiger partial charge >= 0.3 is 0 Å². The van der Waals surface area contributed by atoms with Crippen molar-refractivity contribution in [3.8, 4) is 0 Å². The molecule has 1 aliphatic heterocycles. The Bertz CT molecular complexity index is 394. The highest BCUT2D eigenvalue weighted by molar-refractivity contribution is 7.09. The van der Waals surface area contributed by atoms with Gasteiger partial charge in [-0.1, -0.05) is 0 Å². The van der Waals surface area contributed by atoms with Crippen LogP contribution in [0.3, 0.4) is 0 Å². The Morgan fingerprint density at radius 2 is 2.59 bits per heavy atom. The van der Waals surface area contributed by atoms with Crippen molar-refractivity contribution < 1.29 is 9.53 Å². The van der Waals surface area contributed by atoms with Crippen molar-refractivity contribution in [1.82, 2.24) is 15.2 Å². The van der Waals surface area contributed by atoms with Crippen LogP contribution in [0.1, 0.15) is 22.4 Å². The van der Waals surface area contributed by atoms with Crippen molar-refractivity contribution in [2.45, 2.75) is 19.6 Å². The highest BCUT2D eigenvalue weighted by Gasteiger charge is 2.25. The van der Waals surface area contributed by atoms with E-state index in [4.69, 9.17) is 4.74 Å². The highest BCUT2D eigenvalue weighted by Crippen LogP contribution is 2.14. The van der Waals surface area contributed by atoms with Crippen LogP contribution in [-0.4, -0.2) is 48.6 Å². The third kappa shape index (κ3) is 2.83. The number of carbonyl (C=O) groups excluding carboxylic acids is 1. The molecule has 1 atom stereocenters. The summed E-state index contributed by atoms with van der Waals surface area (Å²) in [7, 11) is 1.63. The number of aromatic nitrogens is 1. The number of hydrogen-bond donors (Lipinski definition) is 1. The minimum atomic E-state index is 0.0256. The standard InChI is InChI=1S/C11H17N3O2S/c1-8-5-12-3-4-14(8)11(15)9-7-17-10(13-9)6-16-2/h7-8,12H,3-6H2,1-2H3/t8-/m1/s1. The van der Waals surface area contributed by atoms with Crippen LogP contribution in [0, 0.1) is 0 Å². The van der Waals surface area contributed by atoms with E-state index in [1.807, 2.05) is 17.2 Å². The smallest absolute Gasteiger partial charge is 0.273 e. The molecule has 0 aromatic carbocycles. The van der Waals surface area contributed by atoms with Gasteiger partial charge < -0.3 is 15.0 Å². The van der Waals surface area contributed by atoms with Crippen molar-refractivity contribution in [2.75, 3.05) is 26.7 Å². The highest BCUT2D eigenvalue weighted by atomic mass is 32.1. The summed E-state index contributed by atoms with van der Waals surface area (Å²) in [6, 6.07) is 0.226. The molecule has 1 saturated heterocycles. The Hall–Kier alpha value is -0.980. The van der Waals surface area contributed by atoms with Crippen molar-refractivity contribution in [3.63, 3.8) is 0 Å². The van der Waals surface area contributed by atoms with Crippen molar-refractivity contribution in [3.05, 3.63) is 16.1 Å². The van der Waals surface area contributed by atoms with E-state index in [1.54, 1.807) is 7.11 Å². The SMILES string of the molecule is COCc1nc(C(=O)N2CCNC[C@H]2C)cs1. The van der Waals surface area contributed by atoms with Crippen molar-refractivity contribution >= 4 is 17.2 Å². The molecule has 6 heteroatoms. The molecule has 0 bridgehead atoms. The zero-order valence-corrected chi connectivity index (χ0v) is 10.9. The number of amides is 1. The molecule has 0 radical (unpaired) electrons. The number of carbonyl (C=O) groups is 1. The Morgan fingerprint density at radius 1 is 1.76 bits per heavy atom. The number of methoxy groups -OCH3 is 1. The second kappa shape index (κ2) is 5.57. The third-order valence-electron chi connectivity index (χ3n) is 2.80. The zero-order valence-electron chi connectivity index (χ0n) is 10.1. The Balaban J connectivity index is 2.07. The first-order chi connectivity index (χ1) is 8.22. The lowest BCUT2D eigenvalue weighted by atomic mass is 10.2. The number of rotatable bonds is 3. The van der Waals surface area contributed by atoms with Crippen LogP contribution in [-0.2, 0) is 11.3 Å². The van der Waals surface area contributed by atoms with Gasteiger partial charge in [-0.2, -0.15) is 0 Å². The number of ether oxygens (including phenoxy) is 1. The molecule has 5 nitrogen and oxygen atoms in total. The number of thiazole rings is 1. The van der Waals surface area contributed by atoms with Crippen molar-refractivity contribution in [2.24, 2.45) is 0 Å². The molecule has 0 spiro atoms. The van der Waals surface area contributed by atoms with Gasteiger partial charge in [-0.25, -0.2) is 4.98 Å². The molecule has 1 amide bonds. The van der Waals surface area contributed by atoms with E-state index in [-0.39, 0.29) is 11.9 Å². The lowest BCUT2D eigenvalue weighted by Gasteiger charge is -2.33. The number of nitrogens with zero attached hydrogens (tertiary/aromatic N) is 2. The lowest BCUT2D eigenvalue weighted by molar-refractivity contribution is 0.0650. The molecule has 1 aliphatic rings. The van der Waals surface area contributed by atoms with Crippen LogP contribution in [0.5, 0.6) is 0 Å². The molecule has 1 fully saturated rings. The Kier molecular flexibility index (Phi) is 4.09. The molecule has 0 aliphatic carbocycles. The molecule has 2 rings (SSSR count). The second-order valence-electron chi connectivity index (χ2n) is 4.11. The maximum atomic E-state index is 12.2. The number of hydrogen-bond acceptors (Lipinski definition) is 5. The Labute approximate surface area is 105 Å². The van der Waals surface area contributed by atoms with E-state index in [2.05, 4.69) is 10.3 Å². The summed E-state index contributed by atoms with van der Waals surface area (Å²) >= 11 is 1.47. The molecule has 17 heavy (non-hydrogen) atoms. The quantitative estimate of drug-likeness (QED) is 0.865. The van der Waals surface area contributed by atoms with Gasteiger partial charge in [0, 0.05) is 38.2 Å². The minimum Gasteiger partial charge on any atom is -0.378 e. The van der Waals surface area contributed by atoms with Crippen LogP contribution < -0.4 is 5.32 Å². The van der Waals surface area contributed by atoms with Gasteiger partial charge in [-0.3, -0.25) is 4.79 Å². The summed E-state index contributed by atoms with van der Waals surface area (Å²) in [5.74, 6) is 0.0256. The van der Waals surface area contributed by atoms with Crippen LogP contribution in [0.4, 0.5) is 0 Å². The van der Waals surface area contributed by atoms with Gasteiger partial charge in [0.1, 0.15) is 10.7 Å². The molecular weight excluding hydrogens is 238 g/mol. The summed E-state index contributed by atoms with van der Waals surface area (Å²) in [4.78, 5) is 18.4. The fraction of sp³-hybridized carbons (Fsp3) is 0.636. The van der Waals surface area contributed by atoms with Crippen LogP contribution >= 0.6 is 11.3 Å². The van der Waals surface area contributed by atoms with Gasteiger partial charge in [0.2, 0.25) is 0 Å². The first-order valence-electron chi connectivity index (χ1n) is 5.67. The molecule has 0 unspecified atom stereocenters. The van der Waals surface area contributed by atoms with Crippen molar-refractivity contribution in [1.29, 1.82) is 0 Å². The topological polar surface area (TPSA) is 54.5 Å². The number of nitrogens with one attached hydrogen (secondary N) is 1. The van der Waals surface area contributed by atoms with Gasteiger partial charge in [-0.05, 0) is 6.92 Å². The fourth-order valence-electron chi connectivity index (χ4n) is 1.89. The maximum absolute atomic E-state index is 12.2. The fourth-order valence-corrected chi connectivity index (χ4v) is 2.63. The first-order valence-corrected chi connectivity index (χ1v) is 6.55. The largest absolute Gasteiger partial charge is 0.378 e. The molecule has 1 aromatic heterocycles. The lowest BCUT2D eigenvalue weighted by Crippen LogP contribution is -2.52. The third-order valence-corrected chi connectivity index (χ3v) is 3.62. The molecule has 1 N–H and O–H groups in total. The van der Waals surface area contributed by atoms with Gasteiger partial charge in [0.05, 0.1) is 6.61 Å². The average molecular weight is 255 g/mol. The molecule has 0 saturated carbocycles. The van der Waals surface area contributed by atoms with Gasteiger partial charge in [0.15, 0.2) is 0 Å². The van der Waals surface area contributed by atoms with E-state index in [0.29, 0.717) is 12.3 Å². The first kappa shape index (κ1) is 12.5. The van der Waals surface area contributed by atoms with E-state index >= 15 is 0 Å². The average Bonchev–Trinajstić information content (AvgIpc) is 2.78. The summed E-state index contributed by atoms with van der Waals surface area (Å²) in [6.45, 7) is 4.96. The second-order valence-corrected chi connectivity index (χ2v) is 5.05. The van der Waals surface area contributed by atoms with E-state index in [9.17, 15) is 4.79 Å². The summed E-state index contributed by atoms with van der Waals surface area (Å²) < 4.78 is 5.00. The van der Waals surface area contributed by atoms with E-state index in [0.717, 1.165) is 24.6 Å². The summed E-state index contributed by atoms with van der Waals surface area (Å²) in [5, 5.41) is 5.92. The normalized spacial score (nSPS) is 20.6. The molecule has 1 aromatic rings. The Morgan fingerprint density at radius 3 is 3.29 bits per heavy atom. The molecule has 2 heterocycles. The predicted octanol–water partition coefficient (Wildman–Crippen LogP) is 0.723.